The summed E-state index contributed by atoms with van der Waals surface area (Å²) in [5, 5.41) is 3.38. The number of amides is 1. The average Bonchev–Trinajstić information content (AvgIpc) is 3.37. The molecule has 1 amide bonds. The van der Waals surface area contributed by atoms with E-state index in [1.54, 1.807) is 18.3 Å². The van der Waals surface area contributed by atoms with Gasteiger partial charge in [0, 0.05) is 44.5 Å². The van der Waals surface area contributed by atoms with Crippen molar-refractivity contribution in [2.45, 2.75) is 13.5 Å². The maximum atomic E-state index is 12.5. The fraction of sp³-hybridized carbons (Fsp3) is 0.292. The minimum Gasteiger partial charge on any atom is -0.459 e. The summed E-state index contributed by atoms with van der Waals surface area (Å²) in [4.78, 5) is 25.8. The molecule has 0 aliphatic carbocycles. The SMILES string of the molecule is CCNC(=NCc1cccc(-c2ccccn2)c1)N1CCN(C(=O)c2ccco2)CC1.I. The first kappa shape index (κ1) is 23.8. The van der Waals surface area contributed by atoms with Crippen LogP contribution in [0, 0.1) is 0 Å². The molecule has 1 fully saturated rings. The van der Waals surface area contributed by atoms with Gasteiger partial charge in [0.15, 0.2) is 11.7 Å². The second kappa shape index (κ2) is 11.7. The number of carbonyl (C=O) groups excluding carboxylic acids is 1. The number of carbonyl (C=O) groups is 1. The van der Waals surface area contributed by atoms with Crippen LogP contribution in [0.1, 0.15) is 23.0 Å². The molecule has 0 bridgehead atoms. The van der Waals surface area contributed by atoms with Crippen LogP contribution in [0.25, 0.3) is 11.3 Å². The first-order chi connectivity index (χ1) is 15.2. The molecule has 3 heterocycles. The van der Waals surface area contributed by atoms with Crippen molar-refractivity contribution in [2.75, 3.05) is 32.7 Å². The molecule has 1 N–H and O–H groups in total. The van der Waals surface area contributed by atoms with Gasteiger partial charge in [0.2, 0.25) is 0 Å². The lowest BCUT2D eigenvalue weighted by molar-refractivity contribution is 0.0657. The first-order valence-corrected chi connectivity index (χ1v) is 10.6. The molecule has 0 radical (unpaired) electrons. The molecule has 4 rings (SSSR count). The number of nitrogens with zero attached hydrogens (tertiary/aromatic N) is 4. The Morgan fingerprint density at radius 2 is 1.88 bits per heavy atom. The molecule has 32 heavy (non-hydrogen) atoms. The van der Waals surface area contributed by atoms with E-state index in [2.05, 4.69) is 40.3 Å². The van der Waals surface area contributed by atoms with Crippen molar-refractivity contribution in [3.05, 3.63) is 78.4 Å². The van der Waals surface area contributed by atoms with E-state index < -0.39 is 0 Å². The molecule has 7 nitrogen and oxygen atoms in total. The number of aromatic nitrogens is 1. The van der Waals surface area contributed by atoms with Crippen LogP contribution in [0.4, 0.5) is 0 Å². The number of benzene rings is 1. The molecule has 0 saturated carbocycles. The van der Waals surface area contributed by atoms with Gasteiger partial charge in [-0.1, -0.05) is 24.3 Å². The van der Waals surface area contributed by atoms with Crippen LogP contribution in [0.5, 0.6) is 0 Å². The van der Waals surface area contributed by atoms with Crippen molar-refractivity contribution in [2.24, 2.45) is 4.99 Å². The lowest BCUT2D eigenvalue weighted by Crippen LogP contribution is -2.53. The molecule has 3 aromatic rings. The summed E-state index contributed by atoms with van der Waals surface area (Å²) < 4.78 is 5.25. The molecule has 8 heteroatoms. The van der Waals surface area contributed by atoms with E-state index in [-0.39, 0.29) is 29.9 Å². The zero-order valence-corrected chi connectivity index (χ0v) is 20.4. The second-order valence-electron chi connectivity index (χ2n) is 7.34. The van der Waals surface area contributed by atoms with E-state index in [1.165, 1.54) is 6.26 Å². The fourth-order valence-electron chi connectivity index (χ4n) is 3.63. The number of hydrogen-bond donors (Lipinski definition) is 1. The highest BCUT2D eigenvalue weighted by Crippen LogP contribution is 2.18. The highest BCUT2D eigenvalue weighted by Gasteiger charge is 2.25. The minimum absolute atomic E-state index is 0. The van der Waals surface area contributed by atoms with Crippen molar-refractivity contribution < 1.29 is 9.21 Å². The molecular weight excluding hydrogens is 517 g/mol. The number of guanidine groups is 1. The van der Waals surface area contributed by atoms with Crippen molar-refractivity contribution in [1.82, 2.24) is 20.1 Å². The van der Waals surface area contributed by atoms with E-state index in [9.17, 15) is 4.79 Å². The Kier molecular flexibility index (Phi) is 8.66. The molecule has 1 aliphatic rings. The Hall–Kier alpha value is -2.88. The zero-order chi connectivity index (χ0) is 21.5. The third-order valence-corrected chi connectivity index (χ3v) is 5.23. The van der Waals surface area contributed by atoms with Crippen LogP contribution < -0.4 is 5.32 Å². The van der Waals surface area contributed by atoms with Crippen LogP contribution in [0.2, 0.25) is 0 Å². The number of rotatable bonds is 5. The maximum Gasteiger partial charge on any atom is 0.289 e. The van der Waals surface area contributed by atoms with Gasteiger partial charge in [0.1, 0.15) is 0 Å². The number of piperazine rings is 1. The molecule has 0 atom stereocenters. The van der Waals surface area contributed by atoms with Gasteiger partial charge in [-0.25, -0.2) is 4.99 Å². The van der Waals surface area contributed by atoms with Gasteiger partial charge in [-0.2, -0.15) is 0 Å². The fourth-order valence-corrected chi connectivity index (χ4v) is 3.63. The highest BCUT2D eigenvalue weighted by atomic mass is 127. The van der Waals surface area contributed by atoms with E-state index in [0.717, 1.165) is 42.4 Å². The molecule has 1 aromatic carbocycles. The van der Waals surface area contributed by atoms with Gasteiger partial charge in [-0.15, -0.1) is 24.0 Å². The third-order valence-electron chi connectivity index (χ3n) is 5.23. The maximum absolute atomic E-state index is 12.5. The summed E-state index contributed by atoms with van der Waals surface area (Å²) in [6.07, 6.45) is 3.34. The summed E-state index contributed by atoms with van der Waals surface area (Å²) >= 11 is 0. The lowest BCUT2D eigenvalue weighted by atomic mass is 10.1. The van der Waals surface area contributed by atoms with Gasteiger partial charge >= 0.3 is 0 Å². The molecular formula is C24H28IN5O2. The Morgan fingerprint density at radius 1 is 1.06 bits per heavy atom. The van der Waals surface area contributed by atoms with E-state index in [0.29, 0.717) is 25.4 Å². The molecule has 1 aliphatic heterocycles. The first-order valence-electron chi connectivity index (χ1n) is 10.6. The van der Waals surface area contributed by atoms with E-state index >= 15 is 0 Å². The summed E-state index contributed by atoms with van der Waals surface area (Å²) in [5.74, 6) is 1.20. The van der Waals surface area contributed by atoms with Crippen molar-refractivity contribution in [3.8, 4) is 11.3 Å². The number of hydrogen-bond acceptors (Lipinski definition) is 4. The average molecular weight is 545 g/mol. The van der Waals surface area contributed by atoms with Crippen LogP contribution in [0.3, 0.4) is 0 Å². The molecule has 1 saturated heterocycles. The number of pyridine rings is 1. The number of halogens is 1. The van der Waals surface area contributed by atoms with Crippen LogP contribution >= 0.6 is 24.0 Å². The number of nitrogens with one attached hydrogen (secondary N) is 1. The summed E-state index contributed by atoms with van der Waals surface area (Å²) in [7, 11) is 0. The topological polar surface area (TPSA) is 74.0 Å². The van der Waals surface area contributed by atoms with Gasteiger partial charge in [0.25, 0.3) is 5.91 Å². The van der Waals surface area contributed by atoms with Gasteiger partial charge in [-0.05, 0) is 42.8 Å². The largest absolute Gasteiger partial charge is 0.459 e. The van der Waals surface area contributed by atoms with Crippen LogP contribution in [-0.4, -0.2) is 59.4 Å². The monoisotopic (exact) mass is 545 g/mol. The van der Waals surface area contributed by atoms with Crippen molar-refractivity contribution in [3.63, 3.8) is 0 Å². The van der Waals surface area contributed by atoms with Gasteiger partial charge in [-0.3, -0.25) is 9.78 Å². The van der Waals surface area contributed by atoms with E-state index in [1.807, 2.05) is 29.2 Å². The third kappa shape index (κ3) is 5.87. The van der Waals surface area contributed by atoms with Crippen molar-refractivity contribution in [1.29, 1.82) is 0 Å². The molecule has 2 aromatic heterocycles. The minimum atomic E-state index is -0.0575. The molecule has 0 unspecified atom stereocenters. The van der Waals surface area contributed by atoms with Crippen molar-refractivity contribution >= 4 is 35.8 Å². The predicted octanol–water partition coefficient (Wildman–Crippen LogP) is 3.88. The second-order valence-corrected chi connectivity index (χ2v) is 7.34. The van der Waals surface area contributed by atoms with E-state index in [4.69, 9.17) is 9.41 Å². The summed E-state index contributed by atoms with van der Waals surface area (Å²) in [6, 6.07) is 17.7. The Bertz CT molecular complexity index is 1020. The van der Waals surface area contributed by atoms with Gasteiger partial charge in [0.05, 0.1) is 18.5 Å². The van der Waals surface area contributed by atoms with Gasteiger partial charge < -0.3 is 19.5 Å². The molecule has 0 spiro atoms. The Labute approximate surface area is 205 Å². The molecule has 168 valence electrons. The Morgan fingerprint density at radius 3 is 2.56 bits per heavy atom. The summed E-state index contributed by atoms with van der Waals surface area (Å²) in [5.41, 5.74) is 3.17. The lowest BCUT2D eigenvalue weighted by Gasteiger charge is -2.36. The Balaban J connectivity index is 0.00000289. The number of aliphatic imine (C=N–C) groups is 1. The standard InChI is InChI=1S/C24H27N5O2.HI/c1-2-25-24(29-14-12-28(13-15-29)23(30)22-10-6-16-31-22)27-18-19-7-5-8-20(17-19)21-9-3-4-11-26-21;/h3-11,16-17H,2,12-15,18H2,1H3,(H,25,27);1H. The van der Waals surface area contributed by atoms with Crippen LogP contribution in [-0.2, 0) is 6.54 Å². The smallest absolute Gasteiger partial charge is 0.289 e. The van der Waals surface area contributed by atoms with Crippen LogP contribution in [0.15, 0.2) is 76.5 Å². The zero-order valence-electron chi connectivity index (χ0n) is 18.1. The normalized spacial score (nSPS) is 14.1. The quantitative estimate of drug-likeness (QED) is 0.299. The summed E-state index contributed by atoms with van der Waals surface area (Å²) in [6.45, 7) is 6.16. The highest BCUT2D eigenvalue weighted by molar-refractivity contribution is 14.0. The number of furan rings is 1. The predicted molar refractivity (Wildman–Crippen MR) is 136 cm³/mol.